The first-order chi connectivity index (χ1) is 8.63. The van der Waals surface area contributed by atoms with E-state index in [2.05, 4.69) is 22.9 Å². The largest absolute Gasteiger partial charge is 0.384 e. The summed E-state index contributed by atoms with van der Waals surface area (Å²) in [6.45, 7) is 2.08. The first kappa shape index (κ1) is 13.2. The molecule has 2 rings (SSSR count). The van der Waals surface area contributed by atoms with Crippen molar-refractivity contribution < 1.29 is 9.50 Å². The summed E-state index contributed by atoms with van der Waals surface area (Å²) in [6.07, 6.45) is 0.140. The Morgan fingerprint density at radius 3 is 2.44 bits per heavy atom. The molecular formula is C15H14BrFO. The van der Waals surface area contributed by atoms with E-state index in [-0.39, 0.29) is 5.82 Å². The van der Waals surface area contributed by atoms with E-state index < -0.39 is 6.10 Å². The van der Waals surface area contributed by atoms with Gasteiger partial charge in [-0.2, -0.15) is 0 Å². The number of hydrogen-bond donors (Lipinski definition) is 1. The van der Waals surface area contributed by atoms with Crippen LogP contribution in [0.1, 0.15) is 29.7 Å². The molecule has 0 bridgehead atoms. The van der Waals surface area contributed by atoms with E-state index in [0.717, 1.165) is 12.0 Å². The van der Waals surface area contributed by atoms with Gasteiger partial charge in [-0.3, -0.25) is 0 Å². The molecule has 0 fully saturated rings. The second kappa shape index (κ2) is 5.63. The first-order valence-corrected chi connectivity index (χ1v) is 6.63. The molecule has 0 amide bonds. The highest BCUT2D eigenvalue weighted by molar-refractivity contribution is 9.10. The van der Waals surface area contributed by atoms with Gasteiger partial charge in [0.15, 0.2) is 0 Å². The van der Waals surface area contributed by atoms with Gasteiger partial charge in [0.05, 0.1) is 4.47 Å². The topological polar surface area (TPSA) is 20.2 Å². The van der Waals surface area contributed by atoms with Crippen molar-refractivity contribution >= 4 is 15.9 Å². The van der Waals surface area contributed by atoms with Crippen LogP contribution in [0.25, 0.3) is 0 Å². The monoisotopic (exact) mass is 308 g/mol. The van der Waals surface area contributed by atoms with E-state index in [9.17, 15) is 9.50 Å². The maximum Gasteiger partial charge on any atom is 0.137 e. The lowest BCUT2D eigenvalue weighted by atomic mass is 10.00. The summed E-state index contributed by atoms with van der Waals surface area (Å²) in [4.78, 5) is 0. The minimum atomic E-state index is -0.819. The van der Waals surface area contributed by atoms with Crippen molar-refractivity contribution in [1.29, 1.82) is 0 Å². The second-order valence-electron chi connectivity index (χ2n) is 4.14. The van der Waals surface area contributed by atoms with Crippen molar-refractivity contribution in [2.45, 2.75) is 19.4 Å². The van der Waals surface area contributed by atoms with Crippen LogP contribution in [-0.4, -0.2) is 5.11 Å². The third-order valence-corrected chi connectivity index (χ3v) is 3.82. The molecule has 1 N–H and O–H groups in total. The Morgan fingerprint density at radius 1 is 1.17 bits per heavy atom. The summed E-state index contributed by atoms with van der Waals surface area (Å²) in [5.74, 6) is -0.364. The van der Waals surface area contributed by atoms with Crippen molar-refractivity contribution in [2.24, 2.45) is 0 Å². The van der Waals surface area contributed by atoms with Crippen LogP contribution in [0.15, 0.2) is 46.9 Å². The lowest BCUT2D eigenvalue weighted by Crippen LogP contribution is -2.01. The molecule has 0 spiro atoms. The Morgan fingerprint density at radius 2 is 1.83 bits per heavy atom. The summed E-state index contributed by atoms with van der Waals surface area (Å²) >= 11 is 3.17. The van der Waals surface area contributed by atoms with E-state index in [1.165, 1.54) is 11.6 Å². The third-order valence-electron chi connectivity index (χ3n) is 2.98. The van der Waals surface area contributed by atoms with E-state index in [1.807, 2.05) is 24.3 Å². The Hall–Kier alpha value is -1.19. The van der Waals surface area contributed by atoms with Gasteiger partial charge in [-0.15, -0.1) is 0 Å². The molecule has 2 aromatic carbocycles. The summed E-state index contributed by atoms with van der Waals surface area (Å²) < 4.78 is 13.7. The SMILES string of the molecule is CCc1ccc(C(O)c2cccc(F)c2Br)cc1. The second-order valence-corrected chi connectivity index (χ2v) is 4.93. The van der Waals surface area contributed by atoms with Crippen molar-refractivity contribution in [1.82, 2.24) is 0 Å². The first-order valence-electron chi connectivity index (χ1n) is 5.84. The van der Waals surface area contributed by atoms with Crippen molar-refractivity contribution in [3.8, 4) is 0 Å². The molecule has 0 heterocycles. The molecule has 1 unspecified atom stereocenters. The molecule has 18 heavy (non-hydrogen) atoms. The fourth-order valence-electron chi connectivity index (χ4n) is 1.85. The summed E-state index contributed by atoms with van der Waals surface area (Å²) in [7, 11) is 0. The number of aliphatic hydroxyl groups excluding tert-OH is 1. The van der Waals surface area contributed by atoms with Crippen LogP contribution in [0.2, 0.25) is 0 Å². The number of aliphatic hydroxyl groups is 1. The molecule has 1 atom stereocenters. The predicted molar refractivity (Wildman–Crippen MR) is 74.0 cm³/mol. The van der Waals surface area contributed by atoms with Crippen LogP contribution < -0.4 is 0 Å². The number of halogens is 2. The van der Waals surface area contributed by atoms with Gasteiger partial charge in [0.1, 0.15) is 11.9 Å². The molecule has 1 nitrogen and oxygen atoms in total. The van der Waals surface area contributed by atoms with Crippen LogP contribution in [0.3, 0.4) is 0 Å². The Kier molecular flexibility index (Phi) is 4.15. The Bertz CT molecular complexity index is 537. The predicted octanol–water partition coefficient (Wildman–Crippen LogP) is 4.23. The van der Waals surface area contributed by atoms with Crippen LogP contribution in [0.5, 0.6) is 0 Å². The maximum atomic E-state index is 13.4. The van der Waals surface area contributed by atoms with Gasteiger partial charge in [-0.05, 0) is 39.5 Å². The normalized spacial score (nSPS) is 12.4. The average Bonchev–Trinajstić information content (AvgIpc) is 2.41. The molecule has 0 radical (unpaired) electrons. The quantitative estimate of drug-likeness (QED) is 0.899. The van der Waals surface area contributed by atoms with Crippen molar-refractivity contribution in [3.05, 3.63) is 69.4 Å². The Labute approximate surface area is 114 Å². The van der Waals surface area contributed by atoms with E-state index in [1.54, 1.807) is 12.1 Å². The lowest BCUT2D eigenvalue weighted by molar-refractivity contribution is 0.219. The minimum absolute atomic E-state index is 0.317. The molecule has 0 saturated carbocycles. The fourth-order valence-corrected chi connectivity index (χ4v) is 2.33. The zero-order chi connectivity index (χ0) is 13.1. The van der Waals surface area contributed by atoms with Gasteiger partial charge in [0.25, 0.3) is 0 Å². The maximum absolute atomic E-state index is 13.4. The van der Waals surface area contributed by atoms with Crippen LogP contribution in [-0.2, 0) is 6.42 Å². The molecule has 0 aliphatic carbocycles. The average molecular weight is 309 g/mol. The molecule has 0 aromatic heterocycles. The lowest BCUT2D eigenvalue weighted by Gasteiger charge is -2.14. The molecule has 3 heteroatoms. The molecule has 0 saturated heterocycles. The molecule has 94 valence electrons. The highest BCUT2D eigenvalue weighted by Gasteiger charge is 2.15. The summed E-state index contributed by atoms with van der Waals surface area (Å²) in [6, 6.07) is 12.4. The molecule has 0 aliphatic rings. The van der Waals surface area contributed by atoms with Crippen molar-refractivity contribution in [2.75, 3.05) is 0 Å². The number of aryl methyl sites for hydroxylation is 1. The molecule has 2 aromatic rings. The van der Waals surface area contributed by atoms with Gasteiger partial charge in [-0.1, -0.05) is 43.3 Å². The van der Waals surface area contributed by atoms with Crippen LogP contribution in [0.4, 0.5) is 4.39 Å². The Balaban J connectivity index is 2.35. The van der Waals surface area contributed by atoms with Crippen LogP contribution >= 0.6 is 15.9 Å². The number of rotatable bonds is 3. The van der Waals surface area contributed by atoms with Gasteiger partial charge in [0, 0.05) is 5.56 Å². The van der Waals surface area contributed by atoms with E-state index in [4.69, 9.17) is 0 Å². The van der Waals surface area contributed by atoms with Gasteiger partial charge >= 0.3 is 0 Å². The number of benzene rings is 2. The van der Waals surface area contributed by atoms with Gasteiger partial charge in [0.2, 0.25) is 0 Å². The summed E-state index contributed by atoms with van der Waals surface area (Å²) in [5.41, 5.74) is 2.52. The minimum Gasteiger partial charge on any atom is -0.384 e. The van der Waals surface area contributed by atoms with E-state index in [0.29, 0.717) is 10.0 Å². The van der Waals surface area contributed by atoms with E-state index >= 15 is 0 Å². The molecule has 0 aliphatic heterocycles. The van der Waals surface area contributed by atoms with Crippen molar-refractivity contribution in [3.63, 3.8) is 0 Å². The zero-order valence-electron chi connectivity index (χ0n) is 10.0. The molecular weight excluding hydrogens is 295 g/mol. The standard InChI is InChI=1S/C15H14BrFO/c1-2-10-6-8-11(9-7-10)15(18)12-4-3-5-13(17)14(12)16/h3-9,15,18H,2H2,1H3. The number of hydrogen-bond acceptors (Lipinski definition) is 1. The smallest absolute Gasteiger partial charge is 0.137 e. The van der Waals surface area contributed by atoms with Gasteiger partial charge in [-0.25, -0.2) is 4.39 Å². The third kappa shape index (κ3) is 2.62. The fraction of sp³-hybridized carbons (Fsp3) is 0.200. The van der Waals surface area contributed by atoms with Crippen LogP contribution in [0, 0.1) is 5.82 Å². The summed E-state index contributed by atoms with van der Waals surface area (Å²) in [5, 5.41) is 10.3. The highest BCUT2D eigenvalue weighted by Crippen LogP contribution is 2.30. The highest BCUT2D eigenvalue weighted by atomic mass is 79.9. The zero-order valence-corrected chi connectivity index (χ0v) is 11.6. The van der Waals surface area contributed by atoms with Gasteiger partial charge < -0.3 is 5.11 Å².